The number of hydrogen-bond acceptors (Lipinski definition) is 6. The van der Waals surface area contributed by atoms with Crippen molar-refractivity contribution in [1.82, 2.24) is 9.97 Å². The van der Waals surface area contributed by atoms with Crippen LogP contribution in [0.25, 0.3) is 0 Å². The number of benzene rings is 1. The number of nitrogens with one attached hydrogen (secondary N) is 2. The van der Waals surface area contributed by atoms with Crippen LogP contribution < -0.4 is 20.3 Å². The van der Waals surface area contributed by atoms with Gasteiger partial charge in [-0.1, -0.05) is 30.8 Å². The summed E-state index contributed by atoms with van der Waals surface area (Å²) in [4.78, 5) is 32.1. The van der Waals surface area contributed by atoms with Gasteiger partial charge in [0.1, 0.15) is 5.82 Å². The van der Waals surface area contributed by atoms with Gasteiger partial charge >= 0.3 is 0 Å². The van der Waals surface area contributed by atoms with E-state index in [1.165, 1.54) is 18.9 Å². The zero-order chi connectivity index (χ0) is 18.0. The lowest BCUT2D eigenvalue weighted by Crippen LogP contribution is -2.31. The van der Waals surface area contributed by atoms with Crippen molar-refractivity contribution in [1.29, 1.82) is 0 Å². The van der Waals surface area contributed by atoms with Gasteiger partial charge in [-0.2, -0.15) is 0 Å². The maximum Gasteiger partial charge on any atom is 0.257 e. The average molecular weight is 361 g/mol. The highest BCUT2D eigenvalue weighted by atomic mass is 32.2. The lowest BCUT2D eigenvalue weighted by Gasteiger charge is -2.26. The number of methoxy groups -OCH3 is 2. The number of aromatic amines is 1. The number of carbonyl (C=O) groups excluding carboxylic acids is 1. The smallest absolute Gasteiger partial charge is 0.257 e. The Morgan fingerprint density at radius 3 is 2.76 bits per heavy atom. The molecule has 1 aromatic heterocycles. The van der Waals surface area contributed by atoms with E-state index in [9.17, 15) is 9.59 Å². The van der Waals surface area contributed by atoms with Crippen LogP contribution in [0.2, 0.25) is 0 Å². The monoisotopic (exact) mass is 361 g/mol. The van der Waals surface area contributed by atoms with Crippen LogP contribution in [-0.2, 0) is 4.79 Å². The number of rotatable bonds is 5. The lowest BCUT2D eigenvalue weighted by atomic mass is 9.86. The van der Waals surface area contributed by atoms with E-state index < -0.39 is 5.92 Å². The van der Waals surface area contributed by atoms with Gasteiger partial charge in [-0.25, -0.2) is 4.98 Å². The fraction of sp³-hybridized carbons (Fsp3) is 0.353. The second-order valence-electron chi connectivity index (χ2n) is 5.45. The van der Waals surface area contributed by atoms with Crippen molar-refractivity contribution >= 4 is 23.5 Å². The topological polar surface area (TPSA) is 93.3 Å². The molecule has 25 heavy (non-hydrogen) atoms. The first-order valence-corrected chi connectivity index (χ1v) is 8.85. The van der Waals surface area contributed by atoms with E-state index in [1.807, 2.05) is 19.1 Å². The molecule has 0 saturated heterocycles. The summed E-state index contributed by atoms with van der Waals surface area (Å²) >= 11 is 1.41. The van der Waals surface area contributed by atoms with Crippen LogP contribution in [0.5, 0.6) is 11.5 Å². The molecule has 2 aromatic rings. The average Bonchev–Trinajstić information content (AvgIpc) is 2.60. The third-order valence-corrected chi connectivity index (χ3v) is 4.77. The summed E-state index contributed by atoms with van der Waals surface area (Å²) in [6, 6.07) is 5.42. The van der Waals surface area contributed by atoms with Crippen LogP contribution in [0.15, 0.2) is 28.2 Å². The Labute approximate surface area is 149 Å². The second kappa shape index (κ2) is 7.18. The van der Waals surface area contributed by atoms with Gasteiger partial charge in [-0.15, -0.1) is 0 Å². The third-order valence-electron chi connectivity index (χ3n) is 4.02. The Balaban J connectivity index is 2.18. The quantitative estimate of drug-likeness (QED) is 0.627. The number of ether oxygens (including phenoxy) is 2. The molecule has 132 valence electrons. The Bertz CT molecular complexity index is 865. The number of H-pyrrole nitrogens is 1. The molecule has 0 bridgehead atoms. The standard InChI is InChI=1S/C17H19N3O4S/c1-4-25-17-19-15-13(16(22)20-17)10(8-12(21)18-15)9-6-5-7-11(23-2)14(9)24-3/h5-7,10H,4,8H2,1-3H3,(H2,18,19,20,21,22). The highest BCUT2D eigenvalue weighted by Gasteiger charge is 2.33. The van der Waals surface area contributed by atoms with Crippen LogP contribution in [0.3, 0.4) is 0 Å². The molecule has 0 radical (unpaired) electrons. The van der Waals surface area contributed by atoms with Crippen molar-refractivity contribution in [2.24, 2.45) is 0 Å². The summed E-state index contributed by atoms with van der Waals surface area (Å²) in [6.07, 6.45) is 0.140. The summed E-state index contributed by atoms with van der Waals surface area (Å²) in [5.74, 6) is 1.50. The Morgan fingerprint density at radius 1 is 1.28 bits per heavy atom. The van der Waals surface area contributed by atoms with Crippen LogP contribution in [-0.4, -0.2) is 35.8 Å². The molecule has 2 heterocycles. The molecule has 0 aliphatic carbocycles. The summed E-state index contributed by atoms with van der Waals surface area (Å²) in [7, 11) is 3.08. The summed E-state index contributed by atoms with van der Waals surface area (Å²) in [5, 5.41) is 3.20. The Kier molecular flexibility index (Phi) is 4.98. The van der Waals surface area contributed by atoms with Gasteiger partial charge in [-0.05, 0) is 11.8 Å². The lowest BCUT2D eigenvalue weighted by molar-refractivity contribution is -0.116. The third kappa shape index (κ3) is 3.21. The minimum atomic E-state index is -0.453. The van der Waals surface area contributed by atoms with Crippen molar-refractivity contribution in [2.45, 2.75) is 24.4 Å². The molecule has 2 N–H and O–H groups in total. The number of hydrogen-bond donors (Lipinski definition) is 2. The molecule has 0 spiro atoms. The molecule has 0 fully saturated rings. The minimum Gasteiger partial charge on any atom is -0.493 e. The van der Waals surface area contributed by atoms with Gasteiger partial charge in [0.25, 0.3) is 5.56 Å². The molecule has 3 rings (SSSR count). The Morgan fingerprint density at radius 2 is 2.08 bits per heavy atom. The predicted octanol–water partition coefficient (Wildman–Crippen LogP) is 2.37. The molecule has 8 heteroatoms. The number of anilines is 1. The molecule has 1 unspecified atom stereocenters. The summed E-state index contributed by atoms with van der Waals surface area (Å²) in [5.41, 5.74) is 0.906. The van der Waals surface area contributed by atoms with E-state index in [4.69, 9.17) is 9.47 Å². The fourth-order valence-electron chi connectivity index (χ4n) is 3.01. The van der Waals surface area contributed by atoms with E-state index >= 15 is 0 Å². The van der Waals surface area contributed by atoms with E-state index in [2.05, 4.69) is 15.3 Å². The first kappa shape index (κ1) is 17.3. The molecule has 1 atom stereocenters. The van der Waals surface area contributed by atoms with E-state index in [0.29, 0.717) is 28.0 Å². The predicted molar refractivity (Wildman–Crippen MR) is 95.9 cm³/mol. The van der Waals surface area contributed by atoms with E-state index in [-0.39, 0.29) is 17.9 Å². The van der Waals surface area contributed by atoms with Gasteiger partial charge in [0.2, 0.25) is 5.91 Å². The van der Waals surface area contributed by atoms with Gasteiger partial charge < -0.3 is 19.8 Å². The molecule has 1 aliphatic rings. The van der Waals surface area contributed by atoms with Crippen LogP contribution in [0, 0.1) is 0 Å². The molecule has 1 aromatic carbocycles. The SMILES string of the molecule is CCSc1nc2c(c(=O)[nH]1)C(c1cccc(OC)c1OC)CC(=O)N2. The number of amides is 1. The highest BCUT2D eigenvalue weighted by Crippen LogP contribution is 2.42. The van der Waals surface area contributed by atoms with Crippen molar-refractivity contribution in [3.63, 3.8) is 0 Å². The zero-order valence-electron chi connectivity index (χ0n) is 14.2. The number of thioether (sulfide) groups is 1. The normalized spacial score (nSPS) is 16.1. The number of fused-ring (bicyclic) bond motifs is 1. The first-order valence-electron chi connectivity index (χ1n) is 7.86. The number of carbonyl (C=O) groups is 1. The fourth-order valence-corrected chi connectivity index (χ4v) is 3.60. The van der Waals surface area contributed by atoms with Crippen molar-refractivity contribution < 1.29 is 14.3 Å². The largest absolute Gasteiger partial charge is 0.493 e. The van der Waals surface area contributed by atoms with Gasteiger partial charge in [0.15, 0.2) is 16.7 Å². The zero-order valence-corrected chi connectivity index (χ0v) is 15.0. The second-order valence-corrected chi connectivity index (χ2v) is 6.71. The van der Waals surface area contributed by atoms with Crippen LogP contribution in [0.1, 0.15) is 30.4 Å². The number of nitrogens with zero attached hydrogens (tertiary/aromatic N) is 1. The maximum absolute atomic E-state index is 12.7. The maximum atomic E-state index is 12.7. The van der Waals surface area contributed by atoms with Crippen molar-refractivity contribution in [2.75, 3.05) is 25.3 Å². The van der Waals surface area contributed by atoms with Crippen LogP contribution in [0.4, 0.5) is 5.82 Å². The van der Waals surface area contributed by atoms with E-state index in [0.717, 1.165) is 11.3 Å². The van der Waals surface area contributed by atoms with E-state index in [1.54, 1.807) is 13.2 Å². The highest BCUT2D eigenvalue weighted by molar-refractivity contribution is 7.99. The molecular weight excluding hydrogens is 342 g/mol. The van der Waals surface area contributed by atoms with Crippen LogP contribution >= 0.6 is 11.8 Å². The Hall–Kier alpha value is -2.48. The number of aromatic nitrogens is 2. The summed E-state index contributed by atoms with van der Waals surface area (Å²) in [6.45, 7) is 1.96. The first-order chi connectivity index (χ1) is 12.1. The van der Waals surface area contributed by atoms with Crippen molar-refractivity contribution in [3.05, 3.63) is 39.7 Å². The molecule has 1 amide bonds. The van der Waals surface area contributed by atoms with Gasteiger partial charge in [0.05, 0.1) is 19.8 Å². The molecule has 7 nitrogen and oxygen atoms in total. The van der Waals surface area contributed by atoms with Crippen molar-refractivity contribution in [3.8, 4) is 11.5 Å². The summed E-state index contributed by atoms with van der Waals surface area (Å²) < 4.78 is 10.8. The van der Waals surface area contributed by atoms with Gasteiger partial charge in [-0.3, -0.25) is 9.59 Å². The van der Waals surface area contributed by atoms with Gasteiger partial charge in [0, 0.05) is 17.9 Å². The molecule has 0 saturated carbocycles. The molecule has 1 aliphatic heterocycles. The number of para-hydroxylation sites is 1. The minimum absolute atomic E-state index is 0.140. The molecular formula is C17H19N3O4S.